The van der Waals surface area contributed by atoms with Gasteiger partial charge in [-0.2, -0.15) is 0 Å². The van der Waals surface area contributed by atoms with Crippen molar-refractivity contribution in [2.45, 2.75) is 38.4 Å². The zero-order valence-electron chi connectivity index (χ0n) is 11.8. The lowest BCUT2D eigenvalue weighted by atomic mass is 9.99. The van der Waals surface area contributed by atoms with Crippen molar-refractivity contribution < 1.29 is 4.79 Å². The third-order valence-corrected chi connectivity index (χ3v) is 4.06. The van der Waals surface area contributed by atoms with Gasteiger partial charge in [0.15, 0.2) is 0 Å². The van der Waals surface area contributed by atoms with E-state index >= 15 is 0 Å². The van der Waals surface area contributed by atoms with Crippen LogP contribution in [0.15, 0.2) is 24.3 Å². The second kappa shape index (κ2) is 7.07. The van der Waals surface area contributed by atoms with E-state index in [9.17, 15) is 4.79 Å². The van der Waals surface area contributed by atoms with Crippen LogP contribution in [0.25, 0.3) is 0 Å². The SMILES string of the molecule is CC1CC(N)CCN1CC(=O)NCc1ccc(Cl)cc1. The molecule has 1 aliphatic heterocycles. The standard InChI is InChI=1S/C15H22ClN3O/c1-11-8-14(17)6-7-19(11)10-15(20)18-9-12-2-4-13(16)5-3-12/h2-5,11,14H,6-10,17H2,1H3,(H,18,20). The number of nitrogens with one attached hydrogen (secondary N) is 1. The van der Waals surface area contributed by atoms with Crippen molar-refractivity contribution >= 4 is 17.5 Å². The molecule has 1 amide bonds. The van der Waals surface area contributed by atoms with Gasteiger partial charge in [0.25, 0.3) is 0 Å². The van der Waals surface area contributed by atoms with Gasteiger partial charge in [0, 0.05) is 30.2 Å². The van der Waals surface area contributed by atoms with Gasteiger partial charge in [0.1, 0.15) is 0 Å². The molecule has 1 fully saturated rings. The number of piperidine rings is 1. The Morgan fingerprint density at radius 1 is 1.45 bits per heavy atom. The molecule has 1 aliphatic rings. The molecular formula is C15H22ClN3O. The highest BCUT2D eigenvalue weighted by Gasteiger charge is 2.24. The Labute approximate surface area is 125 Å². The number of carbonyl (C=O) groups excluding carboxylic acids is 1. The van der Waals surface area contributed by atoms with Crippen LogP contribution in [0.4, 0.5) is 0 Å². The summed E-state index contributed by atoms with van der Waals surface area (Å²) in [5.74, 6) is 0.0577. The number of hydrogen-bond acceptors (Lipinski definition) is 3. The fourth-order valence-electron chi connectivity index (χ4n) is 2.54. The van der Waals surface area contributed by atoms with Crippen molar-refractivity contribution in [3.05, 3.63) is 34.9 Å². The lowest BCUT2D eigenvalue weighted by Gasteiger charge is -2.35. The summed E-state index contributed by atoms with van der Waals surface area (Å²) >= 11 is 5.83. The zero-order chi connectivity index (χ0) is 14.5. The summed E-state index contributed by atoms with van der Waals surface area (Å²) in [4.78, 5) is 14.2. The number of hydrogen-bond donors (Lipinski definition) is 2. The zero-order valence-corrected chi connectivity index (χ0v) is 12.6. The smallest absolute Gasteiger partial charge is 0.234 e. The molecule has 1 heterocycles. The predicted molar refractivity (Wildman–Crippen MR) is 81.5 cm³/mol. The van der Waals surface area contributed by atoms with Crippen LogP contribution < -0.4 is 11.1 Å². The van der Waals surface area contributed by atoms with Crippen molar-refractivity contribution in [3.8, 4) is 0 Å². The van der Waals surface area contributed by atoms with E-state index in [1.807, 2.05) is 24.3 Å². The maximum absolute atomic E-state index is 12.0. The highest BCUT2D eigenvalue weighted by molar-refractivity contribution is 6.30. The topological polar surface area (TPSA) is 58.4 Å². The average Bonchev–Trinajstić information content (AvgIpc) is 2.41. The van der Waals surface area contributed by atoms with Crippen LogP contribution in [0.5, 0.6) is 0 Å². The summed E-state index contributed by atoms with van der Waals surface area (Å²) in [5, 5.41) is 3.65. The number of rotatable bonds is 4. The number of nitrogens with zero attached hydrogens (tertiary/aromatic N) is 1. The Morgan fingerprint density at radius 2 is 2.15 bits per heavy atom. The lowest BCUT2D eigenvalue weighted by molar-refractivity contribution is -0.123. The fourth-order valence-corrected chi connectivity index (χ4v) is 2.66. The first-order chi connectivity index (χ1) is 9.54. The van der Waals surface area contributed by atoms with Crippen LogP contribution in [0, 0.1) is 0 Å². The lowest BCUT2D eigenvalue weighted by Crippen LogP contribution is -2.49. The Bertz CT molecular complexity index is 449. The number of halogens is 1. The highest BCUT2D eigenvalue weighted by Crippen LogP contribution is 2.15. The maximum atomic E-state index is 12.0. The third-order valence-electron chi connectivity index (χ3n) is 3.80. The number of likely N-dealkylation sites (tertiary alicyclic amines) is 1. The van der Waals surface area contributed by atoms with Gasteiger partial charge in [-0.1, -0.05) is 23.7 Å². The number of carbonyl (C=O) groups is 1. The molecular weight excluding hydrogens is 274 g/mol. The molecule has 2 unspecified atom stereocenters. The van der Waals surface area contributed by atoms with E-state index in [1.165, 1.54) is 0 Å². The molecule has 110 valence electrons. The Kier molecular flexibility index (Phi) is 5.40. The molecule has 0 aliphatic carbocycles. The molecule has 2 rings (SSSR count). The van der Waals surface area contributed by atoms with Gasteiger partial charge < -0.3 is 11.1 Å². The molecule has 1 aromatic carbocycles. The van der Waals surface area contributed by atoms with Gasteiger partial charge in [-0.25, -0.2) is 0 Å². The van der Waals surface area contributed by atoms with Crippen LogP contribution in [-0.2, 0) is 11.3 Å². The minimum Gasteiger partial charge on any atom is -0.351 e. The van der Waals surface area contributed by atoms with E-state index in [-0.39, 0.29) is 11.9 Å². The minimum atomic E-state index is 0.0577. The molecule has 0 aromatic heterocycles. The molecule has 1 aromatic rings. The van der Waals surface area contributed by atoms with Gasteiger partial charge in [-0.3, -0.25) is 9.69 Å². The van der Waals surface area contributed by atoms with Crippen LogP contribution >= 0.6 is 11.6 Å². The van der Waals surface area contributed by atoms with Crippen molar-refractivity contribution in [1.82, 2.24) is 10.2 Å². The summed E-state index contributed by atoms with van der Waals surface area (Å²) < 4.78 is 0. The van der Waals surface area contributed by atoms with Crippen molar-refractivity contribution in [2.24, 2.45) is 5.73 Å². The summed E-state index contributed by atoms with van der Waals surface area (Å²) in [6, 6.07) is 8.16. The second-order valence-electron chi connectivity index (χ2n) is 5.51. The molecule has 4 nitrogen and oxygen atoms in total. The normalized spacial score (nSPS) is 23.6. The first kappa shape index (κ1) is 15.3. The van der Waals surface area contributed by atoms with Crippen molar-refractivity contribution in [2.75, 3.05) is 13.1 Å². The molecule has 1 saturated heterocycles. The van der Waals surface area contributed by atoms with Gasteiger partial charge in [0.05, 0.1) is 6.54 Å². The largest absolute Gasteiger partial charge is 0.351 e. The van der Waals surface area contributed by atoms with Gasteiger partial charge >= 0.3 is 0 Å². The molecule has 5 heteroatoms. The Morgan fingerprint density at radius 3 is 2.80 bits per heavy atom. The molecule has 3 N–H and O–H groups in total. The van der Waals surface area contributed by atoms with Gasteiger partial charge in [-0.05, 0) is 37.5 Å². The summed E-state index contributed by atoms with van der Waals surface area (Å²) in [5.41, 5.74) is 6.98. The third kappa shape index (κ3) is 4.47. The molecule has 0 saturated carbocycles. The minimum absolute atomic E-state index is 0.0577. The van der Waals surface area contributed by atoms with E-state index in [1.54, 1.807) is 0 Å². The van der Waals surface area contributed by atoms with Crippen molar-refractivity contribution in [1.29, 1.82) is 0 Å². The monoisotopic (exact) mass is 295 g/mol. The Hall–Kier alpha value is -1.10. The fraction of sp³-hybridized carbons (Fsp3) is 0.533. The van der Waals surface area contributed by atoms with Crippen molar-refractivity contribution in [3.63, 3.8) is 0 Å². The number of benzene rings is 1. The van der Waals surface area contributed by atoms with E-state index in [0.29, 0.717) is 24.2 Å². The number of nitrogens with two attached hydrogens (primary N) is 1. The molecule has 2 atom stereocenters. The molecule has 0 bridgehead atoms. The predicted octanol–water partition coefficient (Wildman–Crippen LogP) is 1.77. The number of amides is 1. The second-order valence-corrected chi connectivity index (χ2v) is 5.94. The van der Waals surface area contributed by atoms with Crippen LogP contribution in [0.2, 0.25) is 5.02 Å². The van der Waals surface area contributed by atoms with E-state index in [4.69, 9.17) is 17.3 Å². The summed E-state index contributed by atoms with van der Waals surface area (Å²) in [6.07, 6.45) is 1.93. The highest BCUT2D eigenvalue weighted by atomic mass is 35.5. The van der Waals surface area contributed by atoms with Crippen LogP contribution in [0.3, 0.4) is 0 Å². The summed E-state index contributed by atoms with van der Waals surface area (Å²) in [6.45, 7) is 4.02. The first-order valence-electron chi connectivity index (χ1n) is 7.05. The van der Waals surface area contributed by atoms with Gasteiger partial charge in [-0.15, -0.1) is 0 Å². The van der Waals surface area contributed by atoms with E-state index in [2.05, 4.69) is 17.1 Å². The quantitative estimate of drug-likeness (QED) is 0.890. The first-order valence-corrected chi connectivity index (χ1v) is 7.43. The van der Waals surface area contributed by atoms with Gasteiger partial charge in [0.2, 0.25) is 5.91 Å². The molecule has 20 heavy (non-hydrogen) atoms. The molecule has 0 radical (unpaired) electrons. The Balaban J connectivity index is 1.76. The van der Waals surface area contributed by atoms with Crippen LogP contribution in [0.1, 0.15) is 25.3 Å². The van der Waals surface area contributed by atoms with E-state index in [0.717, 1.165) is 24.9 Å². The van der Waals surface area contributed by atoms with E-state index < -0.39 is 0 Å². The maximum Gasteiger partial charge on any atom is 0.234 e. The van der Waals surface area contributed by atoms with Crippen LogP contribution in [-0.4, -0.2) is 36.0 Å². The summed E-state index contributed by atoms with van der Waals surface area (Å²) in [7, 11) is 0. The average molecular weight is 296 g/mol. The molecule has 0 spiro atoms.